The average molecular weight is 178 g/mol. The Morgan fingerprint density at radius 2 is 2.46 bits per heavy atom. The number of H-pyrrole nitrogens is 1. The minimum absolute atomic E-state index is 0.232. The van der Waals surface area contributed by atoms with Gasteiger partial charge in [-0.1, -0.05) is 0 Å². The zero-order chi connectivity index (χ0) is 9.84. The van der Waals surface area contributed by atoms with Crippen molar-refractivity contribution in [3.63, 3.8) is 0 Å². The second-order valence-electron chi connectivity index (χ2n) is 2.58. The summed E-state index contributed by atoms with van der Waals surface area (Å²) in [6.45, 7) is 2.68. The Labute approximate surface area is 75.6 Å². The van der Waals surface area contributed by atoms with Gasteiger partial charge in [-0.25, -0.2) is 4.79 Å². The second-order valence-corrected chi connectivity index (χ2v) is 2.58. The first-order valence-electron chi connectivity index (χ1n) is 3.90. The van der Waals surface area contributed by atoms with Gasteiger partial charge in [0.05, 0.1) is 0 Å². The van der Waals surface area contributed by atoms with Crippen molar-refractivity contribution in [2.45, 2.75) is 6.92 Å². The highest BCUT2D eigenvalue weighted by Gasteiger charge is 2.02. The van der Waals surface area contributed by atoms with Gasteiger partial charge in [0.2, 0.25) is 0 Å². The summed E-state index contributed by atoms with van der Waals surface area (Å²) in [4.78, 5) is 18.8. The molecule has 1 heterocycles. The number of rotatable bonds is 2. The van der Waals surface area contributed by atoms with Crippen molar-refractivity contribution in [1.82, 2.24) is 9.97 Å². The van der Waals surface area contributed by atoms with Gasteiger partial charge in [0.25, 0.3) is 0 Å². The van der Waals surface area contributed by atoms with E-state index in [0.717, 1.165) is 6.54 Å². The van der Waals surface area contributed by atoms with Crippen molar-refractivity contribution >= 4 is 5.82 Å². The average Bonchev–Trinajstić information content (AvgIpc) is 2.15. The Hall–Kier alpha value is -1.83. The summed E-state index contributed by atoms with van der Waals surface area (Å²) in [5.41, 5.74) is -0.260. The molecule has 1 N–H and O–H groups in total. The molecule has 1 aromatic rings. The van der Waals surface area contributed by atoms with Crippen molar-refractivity contribution in [2.24, 2.45) is 0 Å². The van der Waals surface area contributed by atoms with Crippen LogP contribution in [-0.4, -0.2) is 23.6 Å². The van der Waals surface area contributed by atoms with E-state index >= 15 is 0 Å². The minimum atomic E-state index is -0.491. The van der Waals surface area contributed by atoms with Crippen LogP contribution in [0.3, 0.4) is 0 Å². The summed E-state index contributed by atoms with van der Waals surface area (Å²) in [7, 11) is 1.81. The molecule has 0 atom stereocenters. The van der Waals surface area contributed by atoms with E-state index in [-0.39, 0.29) is 5.69 Å². The van der Waals surface area contributed by atoms with Crippen LogP contribution in [-0.2, 0) is 0 Å². The maximum absolute atomic E-state index is 10.9. The molecule has 0 aliphatic rings. The van der Waals surface area contributed by atoms with E-state index in [2.05, 4.69) is 9.97 Å². The van der Waals surface area contributed by atoms with Crippen LogP contribution in [0.2, 0.25) is 0 Å². The summed E-state index contributed by atoms with van der Waals surface area (Å²) in [6, 6.07) is 3.41. The number of nitrogens with zero attached hydrogens (tertiary/aromatic N) is 3. The van der Waals surface area contributed by atoms with Crippen LogP contribution in [0.15, 0.2) is 10.9 Å². The van der Waals surface area contributed by atoms with E-state index in [1.165, 1.54) is 0 Å². The SMILES string of the molecule is CCN(C)c1cc(C#N)[nH]c(=O)n1. The minimum Gasteiger partial charge on any atom is -0.360 e. The van der Waals surface area contributed by atoms with Gasteiger partial charge in [-0.05, 0) is 6.92 Å². The fraction of sp³-hybridized carbons (Fsp3) is 0.375. The molecule has 0 bridgehead atoms. The van der Waals surface area contributed by atoms with Gasteiger partial charge in [0.1, 0.15) is 17.6 Å². The van der Waals surface area contributed by atoms with Crippen LogP contribution < -0.4 is 10.6 Å². The monoisotopic (exact) mass is 178 g/mol. The van der Waals surface area contributed by atoms with Crippen LogP contribution in [0.25, 0.3) is 0 Å². The van der Waals surface area contributed by atoms with Crippen LogP contribution >= 0.6 is 0 Å². The van der Waals surface area contributed by atoms with Gasteiger partial charge < -0.3 is 4.90 Å². The lowest BCUT2D eigenvalue weighted by Gasteiger charge is -2.14. The second kappa shape index (κ2) is 3.72. The Bertz CT molecular complexity index is 390. The summed E-state index contributed by atoms with van der Waals surface area (Å²) in [5.74, 6) is 0.516. The van der Waals surface area contributed by atoms with Crippen LogP contribution in [0.4, 0.5) is 5.82 Å². The molecule has 5 heteroatoms. The third-order valence-corrected chi connectivity index (χ3v) is 1.72. The fourth-order valence-electron chi connectivity index (χ4n) is 0.862. The van der Waals surface area contributed by atoms with Crippen molar-refractivity contribution < 1.29 is 0 Å². The highest BCUT2D eigenvalue weighted by Crippen LogP contribution is 2.05. The Morgan fingerprint density at radius 3 is 3.00 bits per heavy atom. The largest absolute Gasteiger partial charge is 0.360 e. The molecule has 5 nitrogen and oxygen atoms in total. The molecule has 0 aromatic carbocycles. The Balaban J connectivity index is 3.18. The first-order valence-corrected chi connectivity index (χ1v) is 3.90. The maximum Gasteiger partial charge on any atom is 0.347 e. The third kappa shape index (κ3) is 2.06. The molecule has 1 rings (SSSR count). The van der Waals surface area contributed by atoms with Gasteiger partial charge in [-0.2, -0.15) is 10.2 Å². The van der Waals surface area contributed by atoms with Gasteiger partial charge in [0, 0.05) is 19.7 Å². The summed E-state index contributed by atoms with van der Waals surface area (Å²) < 4.78 is 0. The summed E-state index contributed by atoms with van der Waals surface area (Å²) in [5, 5.41) is 8.57. The lowest BCUT2D eigenvalue weighted by atomic mass is 10.4. The predicted octanol–water partition coefficient (Wildman–Crippen LogP) is 0.0977. The van der Waals surface area contributed by atoms with E-state index in [1.807, 2.05) is 20.0 Å². The predicted molar refractivity (Wildman–Crippen MR) is 48.5 cm³/mol. The normalized spacial score (nSPS) is 9.31. The molecule has 0 saturated carbocycles. The van der Waals surface area contributed by atoms with Gasteiger partial charge in [-0.3, -0.25) is 4.98 Å². The molecule has 13 heavy (non-hydrogen) atoms. The quantitative estimate of drug-likeness (QED) is 0.697. The highest BCUT2D eigenvalue weighted by molar-refractivity contribution is 5.40. The molecule has 0 amide bonds. The third-order valence-electron chi connectivity index (χ3n) is 1.72. The molecular weight excluding hydrogens is 168 g/mol. The first-order chi connectivity index (χ1) is 6.17. The number of nitriles is 1. The topological polar surface area (TPSA) is 72.8 Å². The number of aromatic nitrogens is 2. The lowest BCUT2D eigenvalue weighted by molar-refractivity contribution is 0.910. The molecule has 0 aliphatic carbocycles. The molecule has 1 aromatic heterocycles. The number of hydrogen-bond donors (Lipinski definition) is 1. The molecule has 68 valence electrons. The Morgan fingerprint density at radius 1 is 1.77 bits per heavy atom. The summed E-state index contributed by atoms with van der Waals surface area (Å²) >= 11 is 0. The highest BCUT2D eigenvalue weighted by atomic mass is 16.1. The zero-order valence-electron chi connectivity index (χ0n) is 7.53. The van der Waals surface area contributed by atoms with Crippen LogP contribution in [0.1, 0.15) is 12.6 Å². The molecule has 0 saturated heterocycles. The van der Waals surface area contributed by atoms with Crippen LogP contribution in [0.5, 0.6) is 0 Å². The van der Waals surface area contributed by atoms with E-state index in [1.54, 1.807) is 11.0 Å². The van der Waals surface area contributed by atoms with Gasteiger partial charge in [0.15, 0.2) is 0 Å². The number of aromatic amines is 1. The van der Waals surface area contributed by atoms with Gasteiger partial charge >= 0.3 is 5.69 Å². The van der Waals surface area contributed by atoms with Crippen molar-refractivity contribution in [1.29, 1.82) is 5.26 Å². The molecule has 0 spiro atoms. The van der Waals surface area contributed by atoms with Crippen molar-refractivity contribution in [3.05, 3.63) is 22.2 Å². The molecule has 0 aliphatic heterocycles. The Kier molecular flexibility index (Phi) is 2.65. The first kappa shape index (κ1) is 9.26. The summed E-state index contributed by atoms with van der Waals surface area (Å²) in [6.07, 6.45) is 0. The van der Waals surface area contributed by atoms with Crippen molar-refractivity contribution in [3.8, 4) is 6.07 Å². The van der Waals surface area contributed by atoms with E-state index in [0.29, 0.717) is 5.82 Å². The number of nitrogens with one attached hydrogen (secondary N) is 1. The standard InChI is InChI=1S/C8H10N4O/c1-3-12(2)7-4-6(5-9)10-8(13)11-7/h4H,3H2,1-2H3,(H,10,11,13). The fourth-order valence-corrected chi connectivity index (χ4v) is 0.862. The van der Waals surface area contributed by atoms with Gasteiger partial charge in [-0.15, -0.1) is 0 Å². The zero-order valence-corrected chi connectivity index (χ0v) is 7.53. The molecule has 0 fully saturated rings. The lowest BCUT2D eigenvalue weighted by Crippen LogP contribution is -2.22. The van der Waals surface area contributed by atoms with E-state index in [4.69, 9.17) is 5.26 Å². The maximum atomic E-state index is 10.9. The molecule has 0 radical (unpaired) electrons. The molecule has 0 unspecified atom stereocenters. The number of anilines is 1. The van der Waals surface area contributed by atoms with Crippen LogP contribution in [0, 0.1) is 11.3 Å². The molecular formula is C8H10N4O. The van der Waals surface area contributed by atoms with Crippen molar-refractivity contribution in [2.75, 3.05) is 18.5 Å². The number of hydrogen-bond acceptors (Lipinski definition) is 4. The smallest absolute Gasteiger partial charge is 0.347 e. The van der Waals surface area contributed by atoms with E-state index < -0.39 is 5.69 Å². The van der Waals surface area contributed by atoms with E-state index in [9.17, 15) is 4.79 Å².